The highest BCUT2D eigenvalue weighted by Gasteiger charge is 2.34. The van der Waals surface area contributed by atoms with Crippen LogP contribution in [0.15, 0.2) is 0 Å². The van der Waals surface area contributed by atoms with Gasteiger partial charge in [0.1, 0.15) is 0 Å². The maximum absolute atomic E-state index is 11.4. The topological polar surface area (TPSA) is 75.7 Å². The van der Waals surface area contributed by atoms with Gasteiger partial charge in [-0.25, -0.2) is 0 Å². The molecule has 0 aromatic carbocycles. The number of likely N-dealkylation sites (N-methyl/N-ethyl adjacent to an activating group) is 1. The quantitative estimate of drug-likeness (QED) is 0.497. The summed E-state index contributed by atoms with van der Waals surface area (Å²) >= 11 is 0. The Morgan fingerprint density at radius 3 is 2.69 bits per heavy atom. The largest absolute Gasteiger partial charge is 0.469 e. The van der Waals surface area contributed by atoms with E-state index in [0.29, 0.717) is 13.1 Å². The second-order valence-electron chi connectivity index (χ2n) is 3.59. The number of hydrogen-bond acceptors (Lipinski definition) is 5. The standard InChI is InChI=1S/C10H16N2O4/c1-3-12(5-4-9(14)16-2)7-6-8(13)11-10(7)15/h7H,3-6H2,1-2H3,(H,11,13,15). The highest BCUT2D eigenvalue weighted by Crippen LogP contribution is 2.11. The van der Waals surface area contributed by atoms with Gasteiger partial charge >= 0.3 is 5.97 Å². The summed E-state index contributed by atoms with van der Waals surface area (Å²) in [7, 11) is 1.32. The second-order valence-corrected chi connectivity index (χ2v) is 3.59. The Labute approximate surface area is 93.9 Å². The number of carbonyl (C=O) groups is 3. The average Bonchev–Trinajstić information content (AvgIpc) is 2.59. The molecule has 6 heteroatoms. The summed E-state index contributed by atoms with van der Waals surface area (Å²) in [5.74, 6) is -0.855. The summed E-state index contributed by atoms with van der Waals surface area (Å²) in [5.41, 5.74) is 0. The smallest absolute Gasteiger partial charge is 0.306 e. The van der Waals surface area contributed by atoms with Gasteiger partial charge in [-0.05, 0) is 6.54 Å². The first-order valence-electron chi connectivity index (χ1n) is 5.23. The fourth-order valence-corrected chi connectivity index (χ4v) is 1.71. The van der Waals surface area contributed by atoms with Gasteiger partial charge in [0.25, 0.3) is 0 Å². The van der Waals surface area contributed by atoms with Crippen molar-refractivity contribution in [1.82, 2.24) is 10.2 Å². The van der Waals surface area contributed by atoms with Crippen LogP contribution >= 0.6 is 0 Å². The second kappa shape index (κ2) is 5.60. The van der Waals surface area contributed by atoms with Crippen LogP contribution in [0.1, 0.15) is 19.8 Å². The summed E-state index contributed by atoms with van der Waals surface area (Å²) in [6, 6.07) is -0.442. The number of rotatable bonds is 5. The summed E-state index contributed by atoms with van der Waals surface area (Å²) in [4.78, 5) is 35.2. The number of nitrogens with zero attached hydrogens (tertiary/aromatic N) is 1. The van der Waals surface area contributed by atoms with Crippen molar-refractivity contribution < 1.29 is 19.1 Å². The first-order valence-corrected chi connectivity index (χ1v) is 5.23. The van der Waals surface area contributed by atoms with Gasteiger partial charge in [-0.15, -0.1) is 0 Å². The third-order valence-electron chi connectivity index (χ3n) is 2.62. The molecule has 90 valence electrons. The van der Waals surface area contributed by atoms with E-state index < -0.39 is 6.04 Å². The number of imide groups is 1. The summed E-state index contributed by atoms with van der Waals surface area (Å²) in [5, 5.41) is 2.25. The van der Waals surface area contributed by atoms with Crippen molar-refractivity contribution in [2.24, 2.45) is 0 Å². The Morgan fingerprint density at radius 2 is 2.25 bits per heavy atom. The monoisotopic (exact) mass is 228 g/mol. The third-order valence-corrected chi connectivity index (χ3v) is 2.62. The molecule has 0 aromatic heterocycles. The maximum atomic E-state index is 11.4. The minimum Gasteiger partial charge on any atom is -0.469 e. The molecule has 1 atom stereocenters. The number of carbonyl (C=O) groups excluding carboxylic acids is 3. The van der Waals surface area contributed by atoms with E-state index in [2.05, 4.69) is 10.1 Å². The van der Waals surface area contributed by atoms with Crippen LogP contribution in [0.4, 0.5) is 0 Å². The lowest BCUT2D eigenvalue weighted by Crippen LogP contribution is -2.41. The molecular weight excluding hydrogens is 212 g/mol. The maximum Gasteiger partial charge on any atom is 0.306 e. The summed E-state index contributed by atoms with van der Waals surface area (Å²) in [6.07, 6.45) is 0.399. The van der Waals surface area contributed by atoms with Crippen LogP contribution in [0, 0.1) is 0 Å². The molecule has 1 N–H and O–H groups in total. The first kappa shape index (κ1) is 12.6. The van der Waals surface area contributed by atoms with E-state index in [1.54, 1.807) is 4.90 Å². The minimum absolute atomic E-state index is 0.174. The van der Waals surface area contributed by atoms with E-state index in [1.807, 2.05) is 6.92 Å². The number of hydrogen-bond donors (Lipinski definition) is 1. The van der Waals surface area contributed by atoms with Crippen molar-refractivity contribution in [2.45, 2.75) is 25.8 Å². The van der Waals surface area contributed by atoms with Crippen molar-refractivity contribution >= 4 is 17.8 Å². The van der Waals surface area contributed by atoms with E-state index in [9.17, 15) is 14.4 Å². The van der Waals surface area contributed by atoms with Crippen molar-refractivity contribution in [3.63, 3.8) is 0 Å². The lowest BCUT2D eigenvalue weighted by atomic mass is 10.2. The lowest BCUT2D eigenvalue weighted by Gasteiger charge is -2.24. The van der Waals surface area contributed by atoms with E-state index >= 15 is 0 Å². The van der Waals surface area contributed by atoms with E-state index in [4.69, 9.17) is 0 Å². The molecule has 1 fully saturated rings. The first-order chi connectivity index (χ1) is 7.58. The lowest BCUT2D eigenvalue weighted by molar-refractivity contribution is -0.141. The molecule has 1 unspecified atom stereocenters. The predicted molar refractivity (Wildman–Crippen MR) is 55.4 cm³/mol. The zero-order valence-corrected chi connectivity index (χ0v) is 9.49. The van der Waals surface area contributed by atoms with Crippen LogP contribution in [0.3, 0.4) is 0 Å². The van der Waals surface area contributed by atoms with Gasteiger partial charge in [0.15, 0.2) is 0 Å². The number of amides is 2. The van der Waals surface area contributed by atoms with Crippen LogP contribution < -0.4 is 5.32 Å². The molecule has 16 heavy (non-hydrogen) atoms. The molecule has 1 aliphatic heterocycles. The van der Waals surface area contributed by atoms with Crippen molar-refractivity contribution in [3.05, 3.63) is 0 Å². The summed E-state index contributed by atoms with van der Waals surface area (Å²) < 4.78 is 4.52. The average molecular weight is 228 g/mol. The van der Waals surface area contributed by atoms with Crippen LogP contribution in [0.2, 0.25) is 0 Å². The fraction of sp³-hybridized carbons (Fsp3) is 0.700. The van der Waals surface area contributed by atoms with Crippen LogP contribution in [-0.4, -0.2) is 48.9 Å². The minimum atomic E-state index is -0.442. The van der Waals surface area contributed by atoms with Crippen molar-refractivity contribution in [1.29, 1.82) is 0 Å². The zero-order valence-electron chi connectivity index (χ0n) is 9.49. The Hall–Kier alpha value is -1.43. The SMILES string of the molecule is CCN(CCC(=O)OC)C1CC(=O)NC1=O. The molecule has 1 aliphatic rings. The molecule has 0 spiro atoms. The van der Waals surface area contributed by atoms with Gasteiger partial charge in [0.2, 0.25) is 11.8 Å². The summed E-state index contributed by atoms with van der Waals surface area (Å²) in [6.45, 7) is 2.92. The molecule has 0 bridgehead atoms. The van der Waals surface area contributed by atoms with Crippen LogP contribution in [0.5, 0.6) is 0 Å². The number of methoxy groups -OCH3 is 1. The zero-order chi connectivity index (χ0) is 12.1. The predicted octanol–water partition coefficient (Wildman–Crippen LogP) is -0.713. The Bertz CT molecular complexity index is 303. The van der Waals surface area contributed by atoms with Crippen LogP contribution in [-0.2, 0) is 19.1 Å². The Kier molecular flexibility index (Phi) is 4.42. The molecule has 6 nitrogen and oxygen atoms in total. The number of nitrogens with one attached hydrogen (secondary N) is 1. The van der Waals surface area contributed by atoms with E-state index in [1.165, 1.54) is 7.11 Å². The molecular formula is C10H16N2O4. The van der Waals surface area contributed by atoms with Gasteiger partial charge in [-0.2, -0.15) is 0 Å². The van der Waals surface area contributed by atoms with Gasteiger partial charge in [-0.3, -0.25) is 24.6 Å². The van der Waals surface area contributed by atoms with Gasteiger partial charge < -0.3 is 4.74 Å². The highest BCUT2D eigenvalue weighted by molar-refractivity contribution is 6.05. The number of esters is 1. The van der Waals surface area contributed by atoms with E-state index in [0.717, 1.165) is 0 Å². The molecule has 2 amide bonds. The third kappa shape index (κ3) is 3.03. The van der Waals surface area contributed by atoms with E-state index in [-0.39, 0.29) is 30.6 Å². The molecule has 1 heterocycles. The number of ether oxygens (including phenoxy) is 1. The van der Waals surface area contributed by atoms with Crippen LogP contribution in [0.25, 0.3) is 0 Å². The van der Waals surface area contributed by atoms with Gasteiger partial charge in [0, 0.05) is 6.54 Å². The molecule has 1 saturated heterocycles. The highest BCUT2D eigenvalue weighted by atomic mass is 16.5. The Balaban J connectivity index is 2.50. The van der Waals surface area contributed by atoms with Crippen molar-refractivity contribution in [2.75, 3.05) is 20.2 Å². The normalized spacial score (nSPS) is 20.1. The molecule has 0 saturated carbocycles. The Morgan fingerprint density at radius 1 is 1.56 bits per heavy atom. The van der Waals surface area contributed by atoms with Crippen molar-refractivity contribution in [3.8, 4) is 0 Å². The molecule has 0 aliphatic carbocycles. The molecule has 0 aromatic rings. The van der Waals surface area contributed by atoms with Gasteiger partial charge in [-0.1, -0.05) is 6.92 Å². The molecule has 1 rings (SSSR count). The fourth-order valence-electron chi connectivity index (χ4n) is 1.71. The molecule has 0 radical (unpaired) electrons. The van der Waals surface area contributed by atoms with Gasteiger partial charge in [0.05, 0.1) is 26.0 Å².